The highest BCUT2D eigenvalue weighted by atomic mass is 32.2. The molecule has 0 bridgehead atoms. The molecule has 52 heavy (non-hydrogen) atoms. The Balaban J connectivity index is 1.07. The lowest BCUT2D eigenvalue weighted by Crippen LogP contribution is -1.96. The number of hydrogen-bond donors (Lipinski definition) is 0. The van der Waals surface area contributed by atoms with Crippen LogP contribution in [0.15, 0.2) is 202 Å². The molecule has 0 saturated heterocycles. The summed E-state index contributed by atoms with van der Waals surface area (Å²) in [4.78, 5) is 5.29. The molecular weight excluding hydrogens is 669 g/mol. The first-order chi connectivity index (χ1) is 25.8. The van der Waals surface area contributed by atoms with Crippen molar-refractivity contribution in [3.05, 3.63) is 182 Å². The first kappa shape index (κ1) is 29.8. The number of nitrogens with zero attached hydrogens (tertiary/aromatic N) is 2. The summed E-state index contributed by atoms with van der Waals surface area (Å²) in [5.74, 6) is 0. The third-order valence-electron chi connectivity index (χ3n) is 10.4. The molecule has 0 saturated carbocycles. The minimum Gasteiger partial charge on any atom is -0.309 e. The Morgan fingerprint density at radius 1 is 0.308 bits per heavy atom. The van der Waals surface area contributed by atoms with Crippen LogP contribution in [0, 0.1) is 0 Å². The van der Waals surface area contributed by atoms with Crippen LogP contribution >= 0.6 is 23.5 Å². The van der Waals surface area contributed by atoms with Crippen molar-refractivity contribution in [2.75, 3.05) is 0 Å². The van der Waals surface area contributed by atoms with Gasteiger partial charge in [-0.25, -0.2) is 0 Å². The fourth-order valence-corrected chi connectivity index (χ4v) is 10.6. The molecule has 3 heterocycles. The maximum Gasteiger partial charge on any atom is 0.0553 e. The van der Waals surface area contributed by atoms with E-state index in [-0.39, 0.29) is 0 Å². The topological polar surface area (TPSA) is 9.86 Å². The Bertz CT molecular complexity index is 2990. The van der Waals surface area contributed by atoms with Crippen LogP contribution in [0.25, 0.3) is 77.2 Å². The standard InChI is InChI=1S/C48H30N2S2/c1-3-12-31(13-4-1)33-22-24-35(25-23-33)49-39-20-9-7-18-37(39)45-41(49)26-28-43-47(45)51-44-29-27-42-46(48(44)52-43)38-19-8-10-21-40(38)50(42)36-17-11-16-34(30-36)32-14-5-2-6-15-32/h1-30H. The van der Waals surface area contributed by atoms with E-state index in [1.807, 2.05) is 23.5 Å². The average Bonchev–Trinajstić information content (AvgIpc) is 3.74. The summed E-state index contributed by atoms with van der Waals surface area (Å²) in [6.45, 7) is 0. The zero-order chi connectivity index (χ0) is 34.2. The van der Waals surface area contributed by atoms with E-state index >= 15 is 0 Å². The lowest BCUT2D eigenvalue weighted by atomic mass is 10.1. The van der Waals surface area contributed by atoms with Gasteiger partial charge in [0.05, 0.1) is 22.1 Å². The number of hydrogen-bond acceptors (Lipinski definition) is 2. The van der Waals surface area contributed by atoms with Gasteiger partial charge in [0.1, 0.15) is 0 Å². The quantitative estimate of drug-likeness (QED) is 0.181. The van der Waals surface area contributed by atoms with Gasteiger partial charge in [0.2, 0.25) is 0 Å². The molecule has 0 aliphatic carbocycles. The molecule has 4 heteroatoms. The van der Waals surface area contributed by atoms with E-state index in [2.05, 4.69) is 191 Å². The highest BCUT2D eigenvalue weighted by molar-refractivity contribution is 8.05. The minimum atomic E-state index is 1.17. The fourth-order valence-electron chi connectivity index (χ4n) is 8.05. The van der Waals surface area contributed by atoms with Crippen LogP contribution in [-0.2, 0) is 0 Å². The van der Waals surface area contributed by atoms with E-state index in [1.165, 1.54) is 96.8 Å². The van der Waals surface area contributed by atoms with Crippen LogP contribution in [0.5, 0.6) is 0 Å². The molecule has 2 nitrogen and oxygen atoms in total. The van der Waals surface area contributed by atoms with Gasteiger partial charge < -0.3 is 9.13 Å². The molecule has 10 aromatic rings. The molecule has 1 aliphatic rings. The predicted octanol–water partition coefficient (Wildman–Crippen LogP) is 13.8. The van der Waals surface area contributed by atoms with Crippen LogP contribution in [0.4, 0.5) is 0 Å². The van der Waals surface area contributed by atoms with Crippen molar-refractivity contribution in [1.82, 2.24) is 9.13 Å². The summed E-state index contributed by atoms with van der Waals surface area (Å²) < 4.78 is 4.87. The Kier molecular flexibility index (Phi) is 6.76. The van der Waals surface area contributed by atoms with Crippen molar-refractivity contribution in [3.8, 4) is 33.6 Å². The van der Waals surface area contributed by atoms with Crippen LogP contribution in [0.2, 0.25) is 0 Å². The molecule has 11 rings (SSSR count). The number of benzene rings is 8. The molecule has 244 valence electrons. The Labute approximate surface area is 310 Å². The normalized spacial score (nSPS) is 12.5. The molecule has 0 spiro atoms. The highest BCUT2D eigenvalue weighted by Gasteiger charge is 2.27. The van der Waals surface area contributed by atoms with Crippen molar-refractivity contribution in [3.63, 3.8) is 0 Å². The minimum absolute atomic E-state index is 1.17. The van der Waals surface area contributed by atoms with Gasteiger partial charge in [-0.05, 0) is 82.9 Å². The Morgan fingerprint density at radius 3 is 1.35 bits per heavy atom. The maximum atomic E-state index is 2.44. The molecular formula is C48H30N2S2. The van der Waals surface area contributed by atoms with Gasteiger partial charge in [-0.15, -0.1) is 0 Å². The van der Waals surface area contributed by atoms with Gasteiger partial charge >= 0.3 is 0 Å². The molecule has 1 aliphatic heterocycles. The zero-order valence-electron chi connectivity index (χ0n) is 28.0. The fraction of sp³-hybridized carbons (Fsp3) is 0. The van der Waals surface area contributed by atoms with Gasteiger partial charge in [-0.2, -0.15) is 0 Å². The summed E-state index contributed by atoms with van der Waals surface area (Å²) in [7, 11) is 0. The lowest BCUT2D eigenvalue weighted by molar-refractivity contribution is 1.15. The van der Waals surface area contributed by atoms with Gasteiger partial charge in [0.25, 0.3) is 0 Å². The smallest absolute Gasteiger partial charge is 0.0553 e. The molecule has 2 aromatic heterocycles. The van der Waals surface area contributed by atoms with Crippen LogP contribution in [-0.4, -0.2) is 9.13 Å². The average molecular weight is 699 g/mol. The number of rotatable bonds is 4. The second kappa shape index (κ2) is 11.8. The van der Waals surface area contributed by atoms with E-state index in [4.69, 9.17) is 0 Å². The SMILES string of the molecule is c1ccc(-c2ccc(-n3c4ccccc4c4c5c(ccc43)Sc3c(ccc4c3c3ccccc3n4-c3cccc(-c4ccccc4)c3)S5)cc2)cc1. The van der Waals surface area contributed by atoms with E-state index in [0.717, 1.165) is 0 Å². The van der Waals surface area contributed by atoms with Crippen LogP contribution in [0.1, 0.15) is 0 Å². The molecule has 0 N–H and O–H groups in total. The van der Waals surface area contributed by atoms with Crippen molar-refractivity contribution in [2.45, 2.75) is 19.6 Å². The van der Waals surface area contributed by atoms with Gasteiger partial charge in [-0.1, -0.05) is 145 Å². The maximum absolute atomic E-state index is 2.44. The first-order valence-corrected chi connectivity index (χ1v) is 19.2. The van der Waals surface area contributed by atoms with Crippen LogP contribution < -0.4 is 0 Å². The third-order valence-corrected chi connectivity index (χ3v) is 13.0. The first-order valence-electron chi connectivity index (χ1n) is 17.6. The predicted molar refractivity (Wildman–Crippen MR) is 221 cm³/mol. The molecule has 0 fully saturated rings. The van der Waals surface area contributed by atoms with Crippen molar-refractivity contribution in [1.29, 1.82) is 0 Å². The molecule has 0 amide bonds. The van der Waals surface area contributed by atoms with E-state index < -0.39 is 0 Å². The summed E-state index contributed by atoms with van der Waals surface area (Å²) in [6, 6.07) is 66.3. The number of fused-ring (bicyclic) bond motifs is 10. The Morgan fingerprint density at radius 2 is 0.769 bits per heavy atom. The Hall–Kier alpha value is -5.94. The summed E-state index contributed by atoms with van der Waals surface area (Å²) in [5.41, 5.74) is 12.2. The second-order valence-corrected chi connectivity index (χ2v) is 15.4. The molecule has 0 unspecified atom stereocenters. The van der Waals surface area contributed by atoms with Crippen molar-refractivity contribution >= 4 is 67.1 Å². The van der Waals surface area contributed by atoms with Crippen LogP contribution in [0.3, 0.4) is 0 Å². The van der Waals surface area contributed by atoms with Gasteiger partial charge in [0.15, 0.2) is 0 Å². The lowest BCUT2D eigenvalue weighted by Gasteiger charge is -2.21. The molecule has 0 atom stereocenters. The van der Waals surface area contributed by atoms with E-state index in [1.54, 1.807) is 0 Å². The zero-order valence-corrected chi connectivity index (χ0v) is 29.7. The largest absolute Gasteiger partial charge is 0.309 e. The van der Waals surface area contributed by atoms with Crippen molar-refractivity contribution < 1.29 is 0 Å². The number of aromatic nitrogens is 2. The second-order valence-electron chi connectivity index (χ2n) is 13.3. The molecule has 0 radical (unpaired) electrons. The third kappa shape index (κ3) is 4.55. The van der Waals surface area contributed by atoms with Crippen molar-refractivity contribution in [2.24, 2.45) is 0 Å². The van der Waals surface area contributed by atoms with Gasteiger partial charge in [0, 0.05) is 52.5 Å². The summed E-state index contributed by atoms with van der Waals surface area (Å²) >= 11 is 3.84. The summed E-state index contributed by atoms with van der Waals surface area (Å²) in [5, 5.41) is 5.22. The summed E-state index contributed by atoms with van der Waals surface area (Å²) in [6.07, 6.45) is 0. The highest BCUT2D eigenvalue weighted by Crippen LogP contribution is 2.56. The number of para-hydroxylation sites is 2. The molecule has 8 aromatic carbocycles. The van der Waals surface area contributed by atoms with Gasteiger partial charge in [-0.3, -0.25) is 0 Å². The van der Waals surface area contributed by atoms with E-state index in [9.17, 15) is 0 Å². The monoisotopic (exact) mass is 698 g/mol. The van der Waals surface area contributed by atoms with E-state index in [0.29, 0.717) is 0 Å².